The van der Waals surface area contributed by atoms with Gasteiger partial charge in [0.2, 0.25) is 0 Å². The molecule has 0 radical (unpaired) electrons. The van der Waals surface area contributed by atoms with Crippen molar-refractivity contribution < 1.29 is 4.74 Å². The molecule has 1 aromatic heterocycles. The molecule has 3 nitrogen and oxygen atoms in total. The Balaban J connectivity index is 2.02. The monoisotopic (exact) mass is 324 g/mol. The lowest BCUT2D eigenvalue weighted by Crippen LogP contribution is -2.12. The highest BCUT2D eigenvalue weighted by atomic mass is 35.5. The Labute approximate surface area is 135 Å². The van der Waals surface area contributed by atoms with E-state index in [1.807, 2.05) is 30.6 Å². The average molecular weight is 325 g/mol. The van der Waals surface area contributed by atoms with E-state index in [0.717, 1.165) is 16.3 Å². The summed E-state index contributed by atoms with van der Waals surface area (Å²) in [5.41, 5.74) is 2.10. The smallest absolute Gasteiger partial charge is 0.138 e. The van der Waals surface area contributed by atoms with Gasteiger partial charge in [-0.25, -0.2) is 4.98 Å². The summed E-state index contributed by atoms with van der Waals surface area (Å²) in [5, 5.41) is 7.00. The van der Waals surface area contributed by atoms with Crippen LogP contribution in [0.3, 0.4) is 0 Å². The SMILES string of the molecule is CNC(C)c1ccc(OCc2csc(C(C)C)n2)c(Cl)c1. The molecule has 0 amide bonds. The van der Waals surface area contributed by atoms with Crippen LogP contribution >= 0.6 is 22.9 Å². The molecule has 0 spiro atoms. The predicted octanol–water partition coefficient (Wildman–Crippen LogP) is 4.78. The van der Waals surface area contributed by atoms with Crippen LogP contribution in [0.2, 0.25) is 5.02 Å². The molecule has 1 aromatic carbocycles. The molecular weight excluding hydrogens is 304 g/mol. The van der Waals surface area contributed by atoms with Gasteiger partial charge < -0.3 is 10.1 Å². The zero-order valence-corrected chi connectivity index (χ0v) is 14.4. The molecule has 0 aliphatic rings. The largest absolute Gasteiger partial charge is 0.486 e. The summed E-state index contributed by atoms with van der Waals surface area (Å²) in [4.78, 5) is 4.55. The fraction of sp³-hybridized carbons (Fsp3) is 0.438. The second-order valence-electron chi connectivity index (χ2n) is 5.32. The molecular formula is C16H21ClN2OS. The van der Waals surface area contributed by atoms with Gasteiger partial charge in [-0.3, -0.25) is 0 Å². The first-order valence-electron chi connectivity index (χ1n) is 7.05. The van der Waals surface area contributed by atoms with Gasteiger partial charge >= 0.3 is 0 Å². The van der Waals surface area contributed by atoms with E-state index in [1.54, 1.807) is 11.3 Å². The molecule has 2 aromatic rings. The van der Waals surface area contributed by atoms with Crippen molar-refractivity contribution in [3.63, 3.8) is 0 Å². The van der Waals surface area contributed by atoms with Crippen molar-refractivity contribution in [2.75, 3.05) is 7.05 Å². The van der Waals surface area contributed by atoms with Crippen molar-refractivity contribution in [1.29, 1.82) is 0 Å². The van der Waals surface area contributed by atoms with Crippen molar-refractivity contribution in [1.82, 2.24) is 10.3 Å². The second kappa shape index (κ2) is 7.25. The van der Waals surface area contributed by atoms with Gasteiger partial charge in [-0.1, -0.05) is 31.5 Å². The van der Waals surface area contributed by atoms with Crippen molar-refractivity contribution in [3.05, 3.63) is 44.9 Å². The lowest BCUT2D eigenvalue weighted by Gasteiger charge is -2.13. The van der Waals surface area contributed by atoms with Crippen LogP contribution in [0, 0.1) is 0 Å². The van der Waals surface area contributed by atoms with Crippen LogP contribution in [0.15, 0.2) is 23.6 Å². The summed E-state index contributed by atoms with van der Waals surface area (Å²) >= 11 is 7.96. The number of halogens is 1. The highest BCUT2D eigenvalue weighted by Crippen LogP contribution is 2.29. The Hall–Kier alpha value is -1.10. The maximum Gasteiger partial charge on any atom is 0.138 e. The van der Waals surface area contributed by atoms with E-state index in [0.29, 0.717) is 23.3 Å². The molecule has 0 aliphatic heterocycles. The number of ether oxygens (including phenoxy) is 1. The third kappa shape index (κ3) is 4.19. The highest BCUT2D eigenvalue weighted by molar-refractivity contribution is 7.09. The van der Waals surface area contributed by atoms with Crippen molar-refractivity contribution >= 4 is 22.9 Å². The molecule has 0 saturated carbocycles. The van der Waals surface area contributed by atoms with Crippen LogP contribution < -0.4 is 10.1 Å². The lowest BCUT2D eigenvalue weighted by molar-refractivity contribution is 0.302. The first kappa shape index (κ1) is 16.3. The first-order chi connectivity index (χ1) is 10.0. The number of nitrogens with zero attached hydrogens (tertiary/aromatic N) is 1. The van der Waals surface area contributed by atoms with Gasteiger partial charge in [-0.15, -0.1) is 11.3 Å². The number of benzene rings is 1. The van der Waals surface area contributed by atoms with E-state index in [9.17, 15) is 0 Å². The average Bonchev–Trinajstić information content (AvgIpc) is 2.94. The van der Waals surface area contributed by atoms with Crippen molar-refractivity contribution in [2.45, 2.75) is 39.3 Å². The van der Waals surface area contributed by atoms with Crippen LogP contribution in [-0.2, 0) is 6.61 Å². The molecule has 114 valence electrons. The lowest BCUT2D eigenvalue weighted by atomic mass is 10.1. The van der Waals surface area contributed by atoms with E-state index >= 15 is 0 Å². The number of aromatic nitrogens is 1. The number of hydrogen-bond donors (Lipinski definition) is 1. The highest BCUT2D eigenvalue weighted by Gasteiger charge is 2.09. The topological polar surface area (TPSA) is 34.1 Å². The van der Waals surface area contributed by atoms with E-state index < -0.39 is 0 Å². The Kier molecular flexibility index (Phi) is 5.62. The fourth-order valence-corrected chi connectivity index (χ4v) is 2.94. The summed E-state index contributed by atoms with van der Waals surface area (Å²) in [7, 11) is 1.93. The van der Waals surface area contributed by atoms with Gasteiger partial charge in [0.05, 0.1) is 15.7 Å². The molecule has 2 rings (SSSR count). The van der Waals surface area contributed by atoms with Gasteiger partial charge in [0.15, 0.2) is 0 Å². The molecule has 1 unspecified atom stereocenters. The molecule has 5 heteroatoms. The third-order valence-corrected chi connectivity index (χ3v) is 4.82. The Morgan fingerprint density at radius 3 is 2.67 bits per heavy atom. The molecule has 0 bridgehead atoms. The van der Waals surface area contributed by atoms with E-state index in [-0.39, 0.29) is 6.04 Å². The van der Waals surface area contributed by atoms with Crippen molar-refractivity contribution in [3.8, 4) is 5.75 Å². The Morgan fingerprint density at radius 2 is 2.10 bits per heavy atom. The quantitative estimate of drug-likeness (QED) is 0.830. The molecule has 0 aliphatic carbocycles. The number of hydrogen-bond acceptors (Lipinski definition) is 4. The summed E-state index contributed by atoms with van der Waals surface area (Å²) in [6.07, 6.45) is 0. The minimum absolute atomic E-state index is 0.267. The standard InChI is InChI=1S/C16H21ClN2OS/c1-10(2)16-19-13(9-21-16)8-20-15-6-5-12(7-14(15)17)11(3)18-4/h5-7,9-11,18H,8H2,1-4H3. The minimum Gasteiger partial charge on any atom is -0.486 e. The van der Waals surface area contributed by atoms with Gasteiger partial charge in [-0.05, 0) is 31.7 Å². The molecule has 21 heavy (non-hydrogen) atoms. The Morgan fingerprint density at radius 1 is 1.33 bits per heavy atom. The van der Waals surface area contributed by atoms with E-state index in [2.05, 4.69) is 31.1 Å². The van der Waals surface area contributed by atoms with Crippen molar-refractivity contribution in [2.24, 2.45) is 0 Å². The normalized spacial score (nSPS) is 12.7. The van der Waals surface area contributed by atoms with Crippen LogP contribution in [0.25, 0.3) is 0 Å². The molecule has 1 atom stereocenters. The molecule has 1 N–H and O–H groups in total. The van der Waals surface area contributed by atoms with Crippen LogP contribution in [0.5, 0.6) is 5.75 Å². The zero-order valence-electron chi connectivity index (χ0n) is 12.8. The van der Waals surface area contributed by atoms with Crippen LogP contribution in [0.1, 0.15) is 49.0 Å². The minimum atomic E-state index is 0.267. The van der Waals surface area contributed by atoms with Gasteiger partial charge in [0.25, 0.3) is 0 Å². The summed E-state index contributed by atoms with van der Waals surface area (Å²) in [5.74, 6) is 1.15. The van der Waals surface area contributed by atoms with Gasteiger partial charge in [-0.2, -0.15) is 0 Å². The third-order valence-electron chi connectivity index (χ3n) is 3.33. The molecule has 1 heterocycles. The first-order valence-corrected chi connectivity index (χ1v) is 8.30. The maximum atomic E-state index is 6.28. The summed E-state index contributed by atoms with van der Waals surface area (Å²) in [6.45, 7) is 6.82. The number of nitrogens with one attached hydrogen (secondary N) is 1. The summed E-state index contributed by atoms with van der Waals surface area (Å²) < 4.78 is 5.78. The number of rotatable bonds is 6. The van der Waals surface area contributed by atoms with Crippen LogP contribution in [-0.4, -0.2) is 12.0 Å². The van der Waals surface area contributed by atoms with Gasteiger partial charge in [0, 0.05) is 17.3 Å². The predicted molar refractivity (Wildman–Crippen MR) is 89.5 cm³/mol. The Bertz CT molecular complexity index is 598. The number of thiazole rings is 1. The zero-order chi connectivity index (χ0) is 15.4. The van der Waals surface area contributed by atoms with E-state index in [4.69, 9.17) is 16.3 Å². The maximum absolute atomic E-state index is 6.28. The van der Waals surface area contributed by atoms with Gasteiger partial charge in [0.1, 0.15) is 12.4 Å². The second-order valence-corrected chi connectivity index (χ2v) is 6.62. The fourth-order valence-electron chi connectivity index (χ4n) is 1.88. The van der Waals surface area contributed by atoms with Crippen LogP contribution in [0.4, 0.5) is 0 Å². The molecule has 0 saturated heterocycles. The van der Waals surface area contributed by atoms with E-state index in [1.165, 1.54) is 0 Å². The molecule has 0 fully saturated rings. The summed E-state index contributed by atoms with van der Waals surface area (Å²) in [6, 6.07) is 6.16.